The molecule has 1 atom stereocenters. The molecule has 0 radical (unpaired) electrons. The molecule has 1 unspecified atom stereocenters. The van der Waals surface area contributed by atoms with Gasteiger partial charge in [-0.2, -0.15) is 0 Å². The van der Waals surface area contributed by atoms with E-state index in [-0.39, 0.29) is 23.8 Å². The molecule has 0 bridgehead atoms. The third kappa shape index (κ3) is 4.59. The van der Waals surface area contributed by atoms with Gasteiger partial charge in [0.2, 0.25) is 5.89 Å². The van der Waals surface area contributed by atoms with E-state index in [1.165, 1.54) is 12.3 Å². The number of hydrogen-bond acceptors (Lipinski definition) is 4. The SMILES string of the molecule is CCCCC(N)c1nc(C(=O)NCc2ccc(F)cc2F)co1. The van der Waals surface area contributed by atoms with Crippen LogP contribution in [0.15, 0.2) is 28.9 Å². The Labute approximate surface area is 132 Å². The third-order valence-electron chi connectivity index (χ3n) is 3.39. The Morgan fingerprint density at radius 3 is 2.91 bits per heavy atom. The number of benzene rings is 1. The first-order valence-corrected chi connectivity index (χ1v) is 7.44. The molecule has 0 aliphatic rings. The normalized spacial score (nSPS) is 12.2. The van der Waals surface area contributed by atoms with Gasteiger partial charge in [0.1, 0.15) is 17.9 Å². The average Bonchev–Trinajstić information content (AvgIpc) is 3.01. The summed E-state index contributed by atoms with van der Waals surface area (Å²) in [6, 6.07) is 2.82. The van der Waals surface area contributed by atoms with Crippen molar-refractivity contribution in [3.63, 3.8) is 0 Å². The number of carbonyl (C=O) groups excluding carboxylic acids is 1. The molecule has 7 heteroatoms. The quantitative estimate of drug-likeness (QED) is 0.820. The predicted molar refractivity (Wildman–Crippen MR) is 80.5 cm³/mol. The molecule has 0 spiro atoms. The fraction of sp³-hybridized carbons (Fsp3) is 0.375. The van der Waals surface area contributed by atoms with Crippen LogP contribution >= 0.6 is 0 Å². The lowest BCUT2D eigenvalue weighted by Crippen LogP contribution is -2.24. The maximum absolute atomic E-state index is 13.5. The van der Waals surface area contributed by atoms with Crippen LogP contribution in [0.25, 0.3) is 0 Å². The van der Waals surface area contributed by atoms with Crippen LogP contribution in [0.3, 0.4) is 0 Å². The lowest BCUT2D eigenvalue weighted by molar-refractivity contribution is 0.0945. The van der Waals surface area contributed by atoms with Gasteiger partial charge in [0.15, 0.2) is 5.69 Å². The van der Waals surface area contributed by atoms with Crippen LogP contribution in [0.2, 0.25) is 0 Å². The van der Waals surface area contributed by atoms with Gasteiger partial charge in [-0.05, 0) is 12.5 Å². The number of unbranched alkanes of at least 4 members (excludes halogenated alkanes) is 1. The Bertz CT molecular complexity index is 673. The van der Waals surface area contributed by atoms with Crippen LogP contribution in [0.5, 0.6) is 0 Å². The van der Waals surface area contributed by atoms with Crippen molar-refractivity contribution in [3.05, 3.63) is 53.2 Å². The minimum absolute atomic E-state index is 0.0744. The van der Waals surface area contributed by atoms with Gasteiger partial charge < -0.3 is 15.5 Å². The van der Waals surface area contributed by atoms with E-state index in [4.69, 9.17) is 10.2 Å². The monoisotopic (exact) mass is 323 g/mol. The number of aromatic nitrogens is 1. The Balaban J connectivity index is 1.94. The minimum Gasteiger partial charge on any atom is -0.446 e. The van der Waals surface area contributed by atoms with E-state index in [2.05, 4.69) is 17.2 Å². The maximum atomic E-state index is 13.5. The molecule has 0 aliphatic carbocycles. The second kappa shape index (κ2) is 7.82. The molecule has 2 aromatic rings. The highest BCUT2D eigenvalue weighted by molar-refractivity contribution is 5.91. The molecule has 23 heavy (non-hydrogen) atoms. The number of nitrogens with one attached hydrogen (secondary N) is 1. The van der Waals surface area contributed by atoms with Crippen molar-refractivity contribution in [2.24, 2.45) is 5.73 Å². The highest BCUT2D eigenvalue weighted by Crippen LogP contribution is 2.16. The zero-order valence-corrected chi connectivity index (χ0v) is 12.8. The number of nitrogens with zero attached hydrogens (tertiary/aromatic N) is 1. The largest absolute Gasteiger partial charge is 0.446 e. The molecule has 1 aromatic heterocycles. The van der Waals surface area contributed by atoms with Gasteiger partial charge in [0, 0.05) is 18.2 Å². The number of oxazole rings is 1. The van der Waals surface area contributed by atoms with Crippen LogP contribution in [-0.4, -0.2) is 10.9 Å². The highest BCUT2D eigenvalue weighted by atomic mass is 19.1. The highest BCUT2D eigenvalue weighted by Gasteiger charge is 2.17. The van der Waals surface area contributed by atoms with Crippen molar-refractivity contribution >= 4 is 5.91 Å². The molecule has 5 nitrogen and oxygen atoms in total. The van der Waals surface area contributed by atoms with Gasteiger partial charge in [-0.25, -0.2) is 13.8 Å². The summed E-state index contributed by atoms with van der Waals surface area (Å²) in [4.78, 5) is 16.0. The second-order valence-corrected chi connectivity index (χ2v) is 5.24. The molecule has 3 N–H and O–H groups in total. The van der Waals surface area contributed by atoms with Crippen LogP contribution in [0.1, 0.15) is 54.2 Å². The van der Waals surface area contributed by atoms with E-state index < -0.39 is 17.5 Å². The first-order valence-electron chi connectivity index (χ1n) is 7.44. The molecule has 1 amide bonds. The Hall–Kier alpha value is -2.28. The summed E-state index contributed by atoms with van der Waals surface area (Å²) in [5, 5.41) is 2.51. The standard InChI is InChI=1S/C16H19F2N3O2/c1-2-3-4-13(19)16-21-14(9-23-16)15(22)20-8-10-5-6-11(17)7-12(10)18/h5-7,9,13H,2-4,8,19H2,1H3,(H,20,22). The fourth-order valence-corrected chi connectivity index (χ4v) is 2.04. The lowest BCUT2D eigenvalue weighted by atomic mass is 10.1. The zero-order chi connectivity index (χ0) is 16.8. The van der Waals surface area contributed by atoms with Crippen molar-refractivity contribution in [1.82, 2.24) is 10.3 Å². The summed E-state index contributed by atoms with van der Waals surface area (Å²) < 4.78 is 31.5. The van der Waals surface area contributed by atoms with E-state index in [1.807, 2.05) is 0 Å². The Kier molecular flexibility index (Phi) is 5.81. The Morgan fingerprint density at radius 1 is 1.43 bits per heavy atom. The van der Waals surface area contributed by atoms with Crippen molar-refractivity contribution < 1.29 is 18.0 Å². The topological polar surface area (TPSA) is 81.1 Å². The number of amides is 1. The molecular formula is C16H19F2N3O2. The molecule has 1 heterocycles. The number of halogens is 2. The van der Waals surface area contributed by atoms with Crippen molar-refractivity contribution in [2.45, 2.75) is 38.8 Å². The number of rotatable bonds is 7. The minimum atomic E-state index is -0.715. The molecule has 0 saturated heterocycles. The average molecular weight is 323 g/mol. The molecule has 0 saturated carbocycles. The maximum Gasteiger partial charge on any atom is 0.273 e. The Morgan fingerprint density at radius 2 is 2.22 bits per heavy atom. The molecule has 0 aliphatic heterocycles. The summed E-state index contributed by atoms with van der Waals surface area (Å²) in [6.45, 7) is 1.98. The van der Waals surface area contributed by atoms with Gasteiger partial charge in [-0.1, -0.05) is 25.8 Å². The van der Waals surface area contributed by atoms with E-state index in [0.717, 1.165) is 31.4 Å². The summed E-state index contributed by atoms with van der Waals surface area (Å²) in [6.07, 6.45) is 3.89. The first kappa shape index (κ1) is 17.1. The molecule has 2 rings (SSSR count). The van der Waals surface area contributed by atoms with Crippen molar-refractivity contribution in [2.75, 3.05) is 0 Å². The number of nitrogens with two attached hydrogens (primary N) is 1. The van der Waals surface area contributed by atoms with Crippen molar-refractivity contribution in [3.8, 4) is 0 Å². The van der Waals surface area contributed by atoms with Gasteiger partial charge in [0.25, 0.3) is 5.91 Å². The van der Waals surface area contributed by atoms with Gasteiger partial charge >= 0.3 is 0 Å². The summed E-state index contributed by atoms with van der Waals surface area (Å²) in [5.41, 5.74) is 6.18. The van der Waals surface area contributed by atoms with Crippen LogP contribution in [-0.2, 0) is 6.54 Å². The third-order valence-corrected chi connectivity index (χ3v) is 3.39. The van der Waals surface area contributed by atoms with Gasteiger partial charge in [-0.3, -0.25) is 4.79 Å². The number of hydrogen-bond donors (Lipinski definition) is 2. The lowest BCUT2D eigenvalue weighted by Gasteiger charge is -2.05. The van der Waals surface area contributed by atoms with Crippen LogP contribution in [0.4, 0.5) is 8.78 Å². The molecule has 124 valence electrons. The van der Waals surface area contributed by atoms with E-state index in [0.29, 0.717) is 5.89 Å². The molecule has 0 fully saturated rings. The first-order chi connectivity index (χ1) is 11.0. The summed E-state index contributed by atoms with van der Waals surface area (Å²) in [7, 11) is 0. The van der Waals surface area contributed by atoms with Crippen LogP contribution in [0, 0.1) is 11.6 Å². The summed E-state index contributed by atoms with van der Waals surface area (Å²) in [5.74, 6) is -1.59. The van der Waals surface area contributed by atoms with Crippen molar-refractivity contribution in [1.29, 1.82) is 0 Å². The smallest absolute Gasteiger partial charge is 0.273 e. The number of carbonyl (C=O) groups is 1. The predicted octanol–water partition coefficient (Wildman–Crippen LogP) is 3.07. The van der Waals surface area contributed by atoms with Gasteiger partial charge in [0.05, 0.1) is 6.04 Å². The molecule has 1 aromatic carbocycles. The van der Waals surface area contributed by atoms with Crippen LogP contribution < -0.4 is 11.1 Å². The zero-order valence-electron chi connectivity index (χ0n) is 12.8. The van der Waals surface area contributed by atoms with E-state index in [1.54, 1.807) is 0 Å². The van der Waals surface area contributed by atoms with E-state index in [9.17, 15) is 13.6 Å². The summed E-state index contributed by atoms with van der Waals surface area (Å²) >= 11 is 0. The van der Waals surface area contributed by atoms with Gasteiger partial charge in [-0.15, -0.1) is 0 Å². The fourth-order valence-electron chi connectivity index (χ4n) is 2.04. The molecular weight excluding hydrogens is 304 g/mol. The van der Waals surface area contributed by atoms with E-state index >= 15 is 0 Å². The second-order valence-electron chi connectivity index (χ2n) is 5.24.